The van der Waals surface area contributed by atoms with Crippen molar-refractivity contribution >= 4 is 16.5 Å². The summed E-state index contributed by atoms with van der Waals surface area (Å²) in [5.41, 5.74) is 1.22. The van der Waals surface area contributed by atoms with E-state index in [0.717, 1.165) is 31.2 Å². The molecule has 0 aromatic carbocycles. The zero-order valence-corrected chi connectivity index (χ0v) is 12.9. The molecule has 0 radical (unpaired) electrons. The van der Waals surface area contributed by atoms with Crippen LogP contribution >= 0.6 is 11.3 Å². The maximum atomic E-state index is 5.24. The second-order valence-corrected chi connectivity index (χ2v) is 5.40. The van der Waals surface area contributed by atoms with Gasteiger partial charge in [0.25, 0.3) is 0 Å². The maximum Gasteiger partial charge on any atom is 0.186 e. The predicted molar refractivity (Wildman–Crippen MR) is 78.6 cm³/mol. The van der Waals surface area contributed by atoms with Crippen LogP contribution in [-0.2, 0) is 17.7 Å². The van der Waals surface area contributed by atoms with Crippen LogP contribution in [0.3, 0.4) is 0 Å². The molecule has 104 valence electrons. The zero-order valence-electron chi connectivity index (χ0n) is 12.1. The third-order valence-corrected chi connectivity index (χ3v) is 4.10. The number of methoxy groups -OCH3 is 1. The number of ether oxygens (including phenoxy) is 1. The van der Waals surface area contributed by atoms with Gasteiger partial charge in [-0.05, 0) is 27.3 Å². The fourth-order valence-electron chi connectivity index (χ4n) is 2.03. The van der Waals surface area contributed by atoms with Gasteiger partial charge in [-0.25, -0.2) is 4.98 Å². The van der Waals surface area contributed by atoms with Crippen molar-refractivity contribution in [3.8, 4) is 0 Å². The van der Waals surface area contributed by atoms with Crippen molar-refractivity contribution in [1.82, 2.24) is 10.3 Å². The molecule has 1 atom stereocenters. The molecule has 1 aromatic rings. The third kappa shape index (κ3) is 3.67. The Morgan fingerprint density at radius 2 is 2.17 bits per heavy atom. The van der Waals surface area contributed by atoms with Crippen LogP contribution in [0, 0.1) is 0 Å². The fraction of sp³-hybridized carbons (Fsp3) is 0.769. The van der Waals surface area contributed by atoms with Crippen LogP contribution in [0.15, 0.2) is 0 Å². The first-order valence-corrected chi connectivity index (χ1v) is 7.38. The number of likely N-dealkylation sites (N-methyl/N-ethyl adjacent to an activating group) is 1. The Kier molecular flexibility index (Phi) is 6.60. The van der Waals surface area contributed by atoms with E-state index in [-0.39, 0.29) is 0 Å². The van der Waals surface area contributed by atoms with E-state index >= 15 is 0 Å². The summed E-state index contributed by atoms with van der Waals surface area (Å²) in [5.74, 6) is 0. The van der Waals surface area contributed by atoms with E-state index < -0.39 is 0 Å². The second-order valence-electron chi connectivity index (χ2n) is 4.34. The van der Waals surface area contributed by atoms with E-state index in [1.165, 1.54) is 10.6 Å². The molecular formula is C13H25N3OS. The van der Waals surface area contributed by atoms with Crippen molar-refractivity contribution in [2.75, 3.05) is 32.2 Å². The lowest BCUT2D eigenvalue weighted by Gasteiger charge is -2.26. The largest absolute Gasteiger partial charge is 0.383 e. The highest BCUT2D eigenvalue weighted by Crippen LogP contribution is 2.28. The predicted octanol–water partition coefficient (Wildman–Crippen LogP) is 2.29. The van der Waals surface area contributed by atoms with Crippen LogP contribution in [0.25, 0.3) is 0 Å². The fourth-order valence-corrected chi connectivity index (χ4v) is 3.36. The monoisotopic (exact) mass is 271 g/mol. The van der Waals surface area contributed by atoms with Gasteiger partial charge >= 0.3 is 0 Å². The molecule has 1 heterocycles. The molecule has 0 saturated heterocycles. The SMILES string of the molecule is CCc1nc(N(CC)C(C)COC)sc1CNC. The molecular weight excluding hydrogens is 246 g/mol. The first-order chi connectivity index (χ1) is 8.67. The summed E-state index contributed by atoms with van der Waals surface area (Å²) in [7, 11) is 3.72. The summed E-state index contributed by atoms with van der Waals surface area (Å²) < 4.78 is 5.24. The van der Waals surface area contributed by atoms with Gasteiger partial charge < -0.3 is 15.0 Å². The molecule has 1 aromatic heterocycles. The molecule has 1 N–H and O–H groups in total. The van der Waals surface area contributed by atoms with Crippen LogP contribution in [0.1, 0.15) is 31.3 Å². The second kappa shape index (κ2) is 7.71. The molecule has 4 nitrogen and oxygen atoms in total. The van der Waals surface area contributed by atoms with Crippen molar-refractivity contribution in [2.45, 2.75) is 39.8 Å². The minimum Gasteiger partial charge on any atom is -0.383 e. The first-order valence-electron chi connectivity index (χ1n) is 6.56. The molecule has 1 unspecified atom stereocenters. The number of aromatic nitrogens is 1. The normalized spacial score (nSPS) is 12.7. The van der Waals surface area contributed by atoms with Gasteiger partial charge in [-0.15, -0.1) is 11.3 Å². The van der Waals surface area contributed by atoms with Crippen molar-refractivity contribution in [2.24, 2.45) is 0 Å². The minimum atomic E-state index is 0.360. The lowest BCUT2D eigenvalue weighted by atomic mass is 10.3. The van der Waals surface area contributed by atoms with Gasteiger partial charge in [0, 0.05) is 25.1 Å². The average molecular weight is 271 g/mol. The number of rotatable bonds is 8. The lowest BCUT2D eigenvalue weighted by Crippen LogP contribution is -2.36. The molecule has 0 bridgehead atoms. The van der Waals surface area contributed by atoms with Crippen molar-refractivity contribution in [3.05, 3.63) is 10.6 Å². The molecule has 0 saturated carbocycles. The van der Waals surface area contributed by atoms with Crippen molar-refractivity contribution in [3.63, 3.8) is 0 Å². The number of hydrogen-bond acceptors (Lipinski definition) is 5. The Bertz CT molecular complexity index is 354. The molecule has 0 amide bonds. The van der Waals surface area contributed by atoms with Gasteiger partial charge in [0.2, 0.25) is 0 Å². The quantitative estimate of drug-likeness (QED) is 0.787. The van der Waals surface area contributed by atoms with E-state index in [1.807, 2.05) is 7.05 Å². The molecule has 0 spiro atoms. The molecule has 0 aliphatic carbocycles. The van der Waals surface area contributed by atoms with Gasteiger partial charge in [0.1, 0.15) is 0 Å². The molecule has 18 heavy (non-hydrogen) atoms. The van der Waals surface area contributed by atoms with Crippen LogP contribution < -0.4 is 10.2 Å². The van der Waals surface area contributed by atoms with Crippen LogP contribution in [0.4, 0.5) is 5.13 Å². The molecule has 5 heteroatoms. The number of hydrogen-bond donors (Lipinski definition) is 1. The van der Waals surface area contributed by atoms with E-state index in [9.17, 15) is 0 Å². The van der Waals surface area contributed by atoms with E-state index in [0.29, 0.717) is 6.04 Å². The molecule has 1 rings (SSSR count). The summed E-state index contributed by atoms with van der Waals surface area (Å²) in [4.78, 5) is 8.43. The van der Waals surface area contributed by atoms with Gasteiger partial charge in [0.05, 0.1) is 18.3 Å². The average Bonchev–Trinajstić information content (AvgIpc) is 2.74. The maximum absolute atomic E-state index is 5.24. The summed E-state index contributed by atoms with van der Waals surface area (Å²) >= 11 is 1.79. The zero-order chi connectivity index (χ0) is 13.5. The highest BCUT2D eigenvalue weighted by atomic mass is 32.1. The Labute approximate surface area is 114 Å². The highest BCUT2D eigenvalue weighted by molar-refractivity contribution is 7.15. The topological polar surface area (TPSA) is 37.4 Å². The lowest BCUT2D eigenvalue weighted by molar-refractivity contribution is 0.182. The van der Waals surface area contributed by atoms with E-state index in [4.69, 9.17) is 9.72 Å². The van der Waals surface area contributed by atoms with Crippen LogP contribution in [0.5, 0.6) is 0 Å². The van der Waals surface area contributed by atoms with Crippen LogP contribution in [-0.4, -0.2) is 38.3 Å². The van der Waals surface area contributed by atoms with E-state index in [1.54, 1.807) is 18.4 Å². The smallest absolute Gasteiger partial charge is 0.186 e. The minimum absolute atomic E-state index is 0.360. The standard InChI is InChI=1S/C13H25N3OS/c1-6-11-12(8-14-4)18-13(15-11)16(7-2)10(3)9-17-5/h10,14H,6-9H2,1-5H3. The number of nitrogens with zero attached hydrogens (tertiary/aromatic N) is 2. The van der Waals surface area contributed by atoms with Gasteiger partial charge in [0.15, 0.2) is 5.13 Å². The first kappa shape index (κ1) is 15.4. The summed E-state index contributed by atoms with van der Waals surface area (Å²) in [5, 5.41) is 4.33. The van der Waals surface area contributed by atoms with Gasteiger partial charge in [-0.2, -0.15) is 0 Å². The Morgan fingerprint density at radius 3 is 2.67 bits per heavy atom. The molecule has 0 aliphatic heterocycles. The van der Waals surface area contributed by atoms with Crippen LogP contribution in [0.2, 0.25) is 0 Å². The van der Waals surface area contributed by atoms with Gasteiger partial charge in [-0.1, -0.05) is 6.92 Å². The Hall–Kier alpha value is -0.650. The third-order valence-electron chi connectivity index (χ3n) is 2.97. The summed E-state index contributed by atoms with van der Waals surface area (Å²) in [6.07, 6.45) is 0.990. The Balaban J connectivity index is 2.91. The van der Waals surface area contributed by atoms with Gasteiger partial charge in [-0.3, -0.25) is 0 Å². The Morgan fingerprint density at radius 1 is 1.44 bits per heavy atom. The summed E-state index contributed by atoms with van der Waals surface area (Å²) in [6, 6.07) is 0.360. The number of aryl methyl sites for hydroxylation is 1. The molecule has 0 aliphatic rings. The van der Waals surface area contributed by atoms with Crippen molar-refractivity contribution in [1.29, 1.82) is 0 Å². The number of thiazole rings is 1. The number of anilines is 1. The molecule has 0 fully saturated rings. The van der Waals surface area contributed by atoms with Crippen molar-refractivity contribution < 1.29 is 4.74 Å². The van der Waals surface area contributed by atoms with E-state index in [2.05, 4.69) is 31.0 Å². The highest BCUT2D eigenvalue weighted by Gasteiger charge is 2.18. The summed E-state index contributed by atoms with van der Waals surface area (Å²) in [6.45, 7) is 9.09. The number of nitrogens with one attached hydrogen (secondary N) is 1.